The molecular weight excluding hydrogens is 445 g/mol. The third-order valence-corrected chi connectivity index (χ3v) is 6.99. The Morgan fingerprint density at radius 1 is 1.06 bits per heavy atom. The van der Waals surface area contributed by atoms with E-state index in [0.717, 1.165) is 47.9 Å². The maximum Gasteiger partial charge on any atom is 0.244 e. The minimum atomic E-state index is -3.96. The first-order chi connectivity index (χ1) is 15.7. The van der Waals surface area contributed by atoms with Crippen molar-refractivity contribution in [1.29, 1.82) is 0 Å². The van der Waals surface area contributed by atoms with Crippen LogP contribution in [0.25, 0.3) is 0 Å². The highest BCUT2D eigenvalue weighted by Gasteiger charge is 2.32. The number of hydrogen-bond acceptors (Lipinski definition) is 4. The van der Waals surface area contributed by atoms with Gasteiger partial charge in [0.2, 0.25) is 21.8 Å². The molecule has 0 bridgehead atoms. The van der Waals surface area contributed by atoms with E-state index in [-0.39, 0.29) is 24.2 Å². The summed E-state index contributed by atoms with van der Waals surface area (Å²) in [5, 5.41) is 3.00. The number of rotatable bonds is 9. The molecule has 9 heteroatoms. The molecule has 7 nitrogen and oxygen atoms in total. The van der Waals surface area contributed by atoms with E-state index < -0.39 is 34.3 Å². The van der Waals surface area contributed by atoms with Crippen LogP contribution in [0, 0.1) is 5.82 Å². The topological polar surface area (TPSA) is 86.8 Å². The zero-order valence-corrected chi connectivity index (χ0v) is 19.7. The van der Waals surface area contributed by atoms with Gasteiger partial charge in [-0.1, -0.05) is 55.3 Å². The molecule has 0 unspecified atom stereocenters. The number of nitrogens with one attached hydrogen (secondary N) is 1. The minimum Gasteiger partial charge on any atom is -0.352 e. The van der Waals surface area contributed by atoms with Crippen LogP contribution >= 0.6 is 0 Å². The van der Waals surface area contributed by atoms with E-state index in [1.54, 1.807) is 6.92 Å². The lowest BCUT2D eigenvalue weighted by atomic mass is 10.1. The third-order valence-electron chi connectivity index (χ3n) is 5.86. The number of anilines is 1. The highest BCUT2D eigenvalue weighted by molar-refractivity contribution is 7.92. The van der Waals surface area contributed by atoms with Gasteiger partial charge in [-0.05, 0) is 37.5 Å². The summed E-state index contributed by atoms with van der Waals surface area (Å²) >= 11 is 0. The van der Waals surface area contributed by atoms with Gasteiger partial charge in [0.05, 0.1) is 11.9 Å². The van der Waals surface area contributed by atoms with Crippen LogP contribution in [-0.2, 0) is 26.2 Å². The lowest BCUT2D eigenvalue weighted by Crippen LogP contribution is -2.52. The Morgan fingerprint density at radius 3 is 2.27 bits per heavy atom. The average Bonchev–Trinajstić information content (AvgIpc) is 3.29. The largest absolute Gasteiger partial charge is 0.352 e. The van der Waals surface area contributed by atoms with E-state index in [0.29, 0.717) is 0 Å². The van der Waals surface area contributed by atoms with Crippen LogP contribution in [0.1, 0.15) is 38.2 Å². The highest BCUT2D eigenvalue weighted by atomic mass is 32.2. The first-order valence-corrected chi connectivity index (χ1v) is 12.9. The molecule has 0 aliphatic heterocycles. The molecule has 1 N–H and O–H groups in total. The summed E-state index contributed by atoms with van der Waals surface area (Å²) < 4.78 is 40.0. The lowest BCUT2D eigenvalue weighted by Gasteiger charge is -2.32. The molecule has 0 heterocycles. The normalized spacial score (nSPS) is 15.1. The van der Waals surface area contributed by atoms with Crippen LogP contribution in [0.15, 0.2) is 54.6 Å². The summed E-state index contributed by atoms with van der Waals surface area (Å²) in [4.78, 5) is 27.7. The summed E-state index contributed by atoms with van der Waals surface area (Å²) in [7, 11) is -3.96. The predicted octanol–water partition coefficient (Wildman–Crippen LogP) is 3.07. The van der Waals surface area contributed by atoms with Crippen LogP contribution in [-0.4, -0.2) is 50.0 Å². The number of amides is 2. The van der Waals surface area contributed by atoms with Crippen molar-refractivity contribution in [2.24, 2.45) is 0 Å². The summed E-state index contributed by atoms with van der Waals surface area (Å²) in [6, 6.07) is 13.8. The molecule has 2 aromatic rings. The molecule has 2 amide bonds. The van der Waals surface area contributed by atoms with Gasteiger partial charge in [-0.15, -0.1) is 0 Å². The Hall–Kier alpha value is -2.94. The smallest absolute Gasteiger partial charge is 0.244 e. The summed E-state index contributed by atoms with van der Waals surface area (Å²) in [5.74, 6) is -1.64. The Labute approximate surface area is 194 Å². The van der Waals surface area contributed by atoms with Crippen LogP contribution in [0.4, 0.5) is 10.1 Å². The van der Waals surface area contributed by atoms with Crippen LogP contribution in [0.2, 0.25) is 0 Å². The molecule has 0 aromatic heterocycles. The molecule has 1 aliphatic carbocycles. The fraction of sp³-hybridized carbons (Fsp3) is 0.417. The standard InChI is InChI=1S/C24H30FN3O4S/c1-18(24(30)26-20-12-6-7-13-20)27(16-19-10-4-3-5-11-19)23(29)17-28(33(2,31)32)22-15-9-8-14-21(22)25/h3-5,8-11,14-15,18,20H,6-7,12-13,16-17H2,1-2H3,(H,26,30)/t18-/m0/s1. The van der Waals surface area contributed by atoms with Crippen LogP contribution in [0.3, 0.4) is 0 Å². The number of halogens is 1. The van der Waals surface area contributed by atoms with Gasteiger partial charge < -0.3 is 10.2 Å². The van der Waals surface area contributed by atoms with Crippen molar-refractivity contribution in [3.05, 3.63) is 66.0 Å². The molecule has 0 spiro atoms. The monoisotopic (exact) mass is 475 g/mol. The first kappa shape index (κ1) is 24.7. The van der Waals surface area contributed by atoms with E-state index in [1.807, 2.05) is 30.3 Å². The minimum absolute atomic E-state index is 0.0829. The molecule has 33 heavy (non-hydrogen) atoms. The van der Waals surface area contributed by atoms with E-state index in [1.165, 1.54) is 23.1 Å². The van der Waals surface area contributed by atoms with E-state index in [2.05, 4.69) is 5.32 Å². The molecule has 3 rings (SSSR count). The van der Waals surface area contributed by atoms with Gasteiger partial charge in [-0.25, -0.2) is 12.8 Å². The van der Waals surface area contributed by atoms with E-state index >= 15 is 0 Å². The number of carbonyl (C=O) groups excluding carboxylic acids is 2. The quantitative estimate of drug-likeness (QED) is 0.604. The predicted molar refractivity (Wildman–Crippen MR) is 125 cm³/mol. The van der Waals surface area contributed by atoms with Crippen molar-refractivity contribution >= 4 is 27.5 Å². The maximum atomic E-state index is 14.4. The van der Waals surface area contributed by atoms with Crippen molar-refractivity contribution in [3.63, 3.8) is 0 Å². The number of benzene rings is 2. The van der Waals surface area contributed by atoms with Gasteiger partial charge in [0.25, 0.3) is 0 Å². The number of carbonyl (C=O) groups is 2. The third kappa shape index (κ3) is 6.54. The van der Waals surface area contributed by atoms with Crippen LogP contribution < -0.4 is 9.62 Å². The SMILES string of the molecule is C[C@@H](C(=O)NC1CCCC1)N(Cc1ccccc1)C(=O)CN(c1ccccc1F)S(C)(=O)=O. The van der Waals surface area contributed by atoms with E-state index in [9.17, 15) is 22.4 Å². The molecule has 1 aliphatic rings. The first-order valence-electron chi connectivity index (χ1n) is 11.0. The highest BCUT2D eigenvalue weighted by Crippen LogP contribution is 2.23. The number of sulfonamides is 1. The molecule has 178 valence electrons. The van der Waals surface area contributed by atoms with Crippen LogP contribution in [0.5, 0.6) is 0 Å². The zero-order chi connectivity index (χ0) is 24.0. The van der Waals surface area contributed by atoms with E-state index in [4.69, 9.17) is 0 Å². The Bertz CT molecular complexity index is 1070. The molecule has 1 atom stereocenters. The number of para-hydroxylation sites is 1. The summed E-state index contributed by atoms with van der Waals surface area (Å²) in [6.07, 6.45) is 4.83. The average molecular weight is 476 g/mol. The number of nitrogens with zero attached hydrogens (tertiary/aromatic N) is 2. The second-order valence-electron chi connectivity index (χ2n) is 8.39. The number of hydrogen-bond donors (Lipinski definition) is 1. The maximum absolute atomic E-state index is 14.4. The molecule has 0 saturated heterocycles. The Morgan fingerprint density at radius 2 is 1.67 bits per heavy atom. The van der Waals surface area contributed by atoms with Crippen molar-refractivity contribution < 1.29 is 22.4 Å². The summed E-state index contributed by atoms with van der Waals surface area (Å²) in [6.45, 7) is 1.13. The fourth-order valence-electron chi connectivity index (χ4n) is 4.00. The second-order valence-corrected chi connectivity index (χ2v) is 10.3. The van der Waals surface area contributed by atoms with Crippen molar-refractivity contribution in [2.75, 3.05) is 17.1 Å². The van der Waals surface area contributed by atoms with Gasteiger partial charge in [-0.3, -0.25) is 13.9 Å². The van der Waals surface area contributed by atoms with Gasteiger partial charge >= 0.3 is 0 Å². The molecule has 2 aromatic carbocycles. The molecule has 1 fully saturated rings. The second kappa shape index (κ2) is 10.8. The molecule has 1 saturated carbocycles. The molecule has 0 radical (unpaired) electrons. The van der Waals surface area contributed by atoms with Gasteiger partial charge in [0.15, 0.2) is 0 Å². The van der Waals surface area contributed by atoms with Crippen molar-refractivity contribution in [1.82, 2.24) is 10.2 Å². The molecular formula is C24H30FN3O4S. The van der Waals surface area contributed by atoms with Crippen molar-refractivity contribution in [2.45, 2.75) is 51.2 Å². The zero-order valence-electron chi connectivity index (χ0n) is 18.9. The summed E-state index contributed by atoms with van der Waals surface area (Å²) in [5.41, 5.74) is 0.583. The van der Waals surface area contributed by atoms with Gasteiger partial charge in [0, 0.05) is 12.6 Å². The van der Waals surface area contributed by atoms with Gasteiger partial charge in [-0.2, -0.15) is 0 Å². The lowest BCUT2D eigenvalue weighted by molar-refractivity contribution is -0.139. The fourth-order valence-corrected chi connectivity index (χ4v) is 4.85. The Kier molecular flexibility index (Phi) is 8.07. The van der Waals surface area contributed by atoms with Gasteiger partial charge in [0.1, 0.15) is 18.4 Å². The Balaban J connectivity index is 1.86. The van der Waals surface area contributed by atoms with Crippen molar-refractivity contribution in [3.8, 4) is 0 Å².